The fourth-order valence-electron chi connectivity index (χ4n) is 4.29. The van der Waals surface area contributed by atoms with Gasteiger partial charge in [-0.2, -0.15) is 0 Å². The average molecular weight is 308 g/mol. The molecule has 0 aromatic carbocycles. The number of aryl methyl sites for hydroxylation is 2. The Labute approximate surface area is 133 Å². The first-order valence-electron chi connectivity index (χ1n) is 8.37. The molecule has 1 aliphatic carbocycles. The van der Waals surface area contributed by atoms with Gasteiger partial charge in [-0.05, 0) is 71.6 Å². The summed E-state index contributed by atoms with van der Waals surface area (Å²) in [4.78, 5) is 3.16. The second kappa shape index (κ2) is 5.36. The number of hydrogen-bond acceptors (Lipinski definition) is 3. The van der Waals surface area contributed by atoms with E-state index in [2.05, 4.69) is 46.0 Å². The van der Waals surface area contributed by atoms with Crippen LogP contribution in [-0.4, -0.2) is 17.7 Å². The van der Waals surface area contributed by atoms with Crippen molar-refractivity contribution < 1.29 is 4.74 Å². The number of thiophene rings is 1. The summed E-state index contributed by atoms with van der Waals surface area (Å²) in [5, 5.41) is 3.75. The van der Waals surface area contributed by atoms with Gasteiger partial charge in [0.05, 0.1) is 11.2 Å². The summed E-state index contributed by atoms with van der Waals surface area (Å²) < 4.78 is 6.34. The highest BCUT2D eigenvalue weighted by atomic mass is 32.1. The summed E-state index contributed by atoms with van der Waals surface area (Å²) in [5.41, 5.74) is 1.53. The predicted molar refractivity (Wildman–Crippen MR) is 90.1 cm³/mol. The van der Waals surface area contributed by atoms with E-state index in [-0.39, 0.29) is 11.2 Å². The number of hydrogen-bond donors (Lipinski definition) is 1. The molecule has 2 heterocycles. The molecule has 0 spiro atoms. The van der Waals surface area contributed by atoms with Crippen molar-refractivity contribution in [2.75, 3.05) is 6.54 Å². The van der Waals surface area contributed by atoms with Crippen LogP contribution in [0.1, 0.15) is 68.8 Å². The molecule has 1 aromatic heterocycles. The maximum Gasteiger partial charge on any atom is 0.0681 e. The normalized spacial score (nSPS) is 27.8. The van der Waals surface area contributed by atoms with Crippen molar-refractivity contribution in [2.45, 2.75) is 77.5 Å². The Balaban J connectivity index is 1.90. The third kappa shape index (κ3) is 2.93. The molecule has 0 bridgehead atoms. The standard InChI is InChI=1S/C18H29NOS/c1-6-19-16(13-11-17(2,3)20-18(13,4)5)15-10-12-8-7-9-14(12)21-15/h10,13,16,19H,6-9,11H2,1-5H3. The molecule has 1 aromatic rings. The molecule has 0 saturated carbocycles. The number of rotatable bonds is 4. The molecule has 21 heavy (non-hydrogen) atoms. The zero-order valence-electron chi connectivity index (χ0n) is 14.1. The smallest absolute Gasteiger partial charge is 0.0681 e. The van der Waals surface area contributed by atoms with Crippen LogP contribution in [0, 0.1) is 5.92 Å². The Morgan fingerprint density at radius 3 is 2.67 bits per heavy atom. The molecular formula is C18H29NOS. The van der Waals surface area contributed by atoms with Crippen LogP contribution in [0.15, 0.2) is 6.07 Å². The van der Waals surface area contributed by atoms with E-state index in [1.165, 1.54) is 24.1 Å². The first-order chi connectivity index (χ1) is 9.82. The van der Waals surface area contributed by atoms with E-state index in [1.54, 1.807) is 10.4 Å². The van der Waals surface area contributed by atoms with E-state index in [0.717, 1.165) is 13.0 Å². The molecule has 0 amide bonds. The highest BCUT2D eigenvalue weighted by Gasteiger charge is 2.49. The van der Waals surface area contributed by atoms with Crippen molar-refractivity contribution in [1.82, 2.24) is 5.32 Å². The maximum absolute atomic E-state index is 6.34. The van der Waals surface area contributed by atoms with Crippen LogP contribution >= 0.6 is 11.3 Å². The molecule has 2 aliphatic rings. The molecule has 1 fully saturated rings. The largest absolute Gasteiger partial charge is 0.369 e. The minimum atomic E-state index is -0.0647. The van der Waals surface area contributed by atoms with E-state index in [9.17, 15) is 0 Å². The SMILES string of the molecule is CCNC(c1cc2c(s1)CCC2)C1CC(C)(C)OC1(C)C. The number of fused-ring (bicyclic) bond motifs is 1. The summed E-state index contributed by atoms with van der Waals surface area (Å²) in [5.74, 6) is 0.534. The van der Waals surface area contributed by atoms with Gasteiger partial charge in [0.2, 0.25) is 0 Å². The Kier molecular flexibility index (Phi) is 3.96. The van der Waals surface area contributed by atoms with E-state index < -0.39 is 0 Å². The first-order valence-corrected chi connectivity index (χ1v) is 9.19. The maximum atomic E-state index is 6.34. The third-order valence-corrected chi connectivity index (χ3v) is 6.36. The van der Waals surface area contributed by atoms with Crippen LogP contribution in [0.3, 0.4) is 0 Å². The van der Waals surface area contributed by atoms with Gasteiger partial charge in [0.25, 0.3) is 0 Å². The van der Waals surface area contributed by atoms with E-state index >= 15 is 0 Å². The van der Waals surface area contributed by atoms with Crippen LogP contribution in [0.25, 0.3) is 0 Å². The summed E-state index contributed by atoms with van der Waals surface area (Å²) in [7, 11) is 0. The van der Waals surface area contributed by atoms with Crippen molar-refractivity contribution in [1.29, 1.82) is 0 Å². The van der Waals surface area contributed by atoms with Crippen molar-refractivity contribution in [3.63, 3.8) is 0 Å². The Morgan fingerprint density at radius 1 is 1.33 bits per heavy atom. The van der Waals surface area contributed by atoms with Crippen molar-refractivity contribution >= 4 is 11.3 Å². The molecule has 1 aliphatic heterocycles. The van der Waals surface area contributed by atoms with E-state index in [4.69, 9.17) is 4.74 Å². The summed E-state index contributed by atoms with van der Waals surface area (Å²) >= 11 is 2.04. The van der Waals surface area contributed by atoms with E-state index in [1.807, 2.05) is 11.3 Å². The molecule has 3 heteroatoms. The van der Waals surface area contributed by atoms with E-state index in [0.29, 0.717) is 12.0 Å². The monoisotopic (exact) mass is 307 g/mol. The quantitative estimate of drug-likeness (QED) is 0.885. The molecule has 2 nitrogen and oxygen atoms in total. The minimum absolute atomic E-state index is 0.0121. The zero-order chi connectivity index (χ0) is 15.3. The minimum Gasteiger partial charge on any atom is -0.369 e. The lowest BCUT2D eigenvalue weighted by molar-refractivity contribution is -0.0777. The summed E-state index contributed by atoms with van der Waals surface area (Å²) in [6.07, 6.45) is 5.04. The van der Waals surface area contributed by atoms with Gasteiger partial charge < -0.3 is 10.1 Å². The first kappa shape index (κ1) is 15.5. The topological polar surface area (TPSA) is 21.3 Å². The summed E-state index contributed by atoms with van der Waals surface area (Å²) in [6.45, 7) is 12.2. The number of nitrogens with one attached hydrogen (secondary N) is 1. The van der Waals surface area contributed by atoms with Crippen LogP contribution in [0.2, 0.25) is 0 Å². The van der Waals surface area contributed by atoms with Gasteiger partial charge >= 0.3 is 0 Å². The van der Waals surface area contributed by atoms with Crippen LogP contribution in [0.4, 0.5) is 0 Å². The van der Waals surface area contributed by atoms with Gasteiger partial charge in [-0.25, -0.2) is 0 Å². The molecule has 1 N–H and O–H groups in total. The predicted octanol–water partition coefficient (Wildman–Crippen LogP) is 4.48. The fraction of sp³-hybridized carbons (Fsp3) is 0.778. The van der Waals surface area contributed by atoms with Crippen LogP contribution in [-0.2, 0) is 17.6 Å². The molecule has 1 saturated heterocycles. The molecular weight excluding hydrogens is 278 g/mol. The lowest BCUT2D eigenvalue weighted by atomic mass is 9.81. The van der Waals surface area contributed by atoms with Crippen molar-refractivity contribution in [3.8, 4) is 0 Å². The average Bonchev–Trinajstić information content (AvgIpc) is 2.96. The van der Waals surface area contributed by atoms with Crippen LogP contribution < -0.4 is 5.32 Å². The molecule has 2 unspecified atom stereocenters. The molecule has 2 atom stereocenters. The van der Waals surface area contributed by atoms with Gasteiger partial charge in [-0.15, -0.1) is 11.3 Å². The Morgan fingerprint density at radius 2 is 2.10 bits per heavy atom. The highest BCUT2D eigenvalue weighted by molar-refractivity contribution is 7.12. The number of ether oxygens (including phenoxy) is 1. The Bertz CT molecular complexity index is 496. The van der Waals surface area contributed by atoms with Gasteiger partial charge in [-0.1, -0.05) is 6.92 Å². The van der Waals surface area contributed by atoms with Gasteiger partial charge in [0.1, 0.15) is 0 Å². The molecule has 118 valence electrons. The fourth-order valence-corrected chi connectivity index (χ4v) is 5.69. The second-order valence-electron chi connectivity index (χ2n) is 7.76. The molecule has 0 radical (unpaired) electrons. The zero-order valence-corrected chi connectivity index (χ0v) is 14.9. The van der Waals surface area contributed by atoms with Crippen molar-refractivity contribution in [3.05, 3.63) is 21.4 Å². The summed E-state index contributed by atoms with van der Waals surface area (Å²) in [6, 6.07) is 2.91. The molecule has 3 rings (SSSR count). The Hall–Kier alpha value is -0.380. The second-order valence-corrected chi connectivity index (χ2v) is 8.93. The lowest BCUT2D eigenvalue weighted by Gasteiger charge is -2.33. The highest BCUT2D eigenvalue weighted by Crippen LogP contribution is 2.49. The van der Waals surface area contributed by atoms with Gasteiger partial charge in [-0.3, -0.25) is 0 Å². The third-order valence-electron chi connectivity index (χ3n) is 5.04. The van der Waals surface area contributed by atoms with Gasteiger partial charge in [0, 0.05) is 21.7 Å². The van der Waals surface area contributed by atoms with Crippen LogP contribution in [0.5, 0.6) is 0 Å². The van der Waals surface area contributed by atoms with Crippen molar-refractivity contribution in [2.24, 2.45) is 5.92 Å². The lowest BCUT2D eigenvalue weighted by Crippen LogP contribution is -2.38. The van der Waals surface area contributed by atoms with Gasteiger partial charge in [0.15, 0.2) is 0 Å².